The van der Waals surface area contributed by atoms with E-state index in [2.05, 4.69) is 22.6 Å². The SMILES string of the molecule is CC(CCc1ccccc1)NC(=O)CO/N=C/c1ccc(Cl)cc1Cl. The van der Waals surface area contributed by atoms with E-state index < -0.39 is 0 Å². The monoisotopic (exact) mass is 378 g/mol. The molecule has 132 valence electrons. The molecule has 1 unspecified atom stereocenters. The maximum Gasteiger partial charge on any atom is 0.260 e. The van der Waals surface area contributed by atoms with Gasteiger partial charge in [0.25, 0.3) is 5.91 Å². The van der Waals surface area contributed by atoms with E-state index in [0.29, 0.717) is 15.6 Å². The molecule has 0 fully saturated rings. The molecule has 1 N–H and O–H groups in total. The average molecular weight is 379 g/mol. The van der Waals surface area contributed by atoms with E-state index >= 15 is 0 Å². The Labute approximate surface area is 157 Å². The van der Waals surface area contributed by atoms with E-state index in [1.165, 1.54) is 11.8 Å². The van der Waals surface area contributed by atoms with Gasteiger partial charge in [-0.25, -0.2) is 0 Å². The lowest BCUT2D eigenvalue weighted by Crippen LogP contribution is -2.35. The van der Waals surface area contributed by atoms with Gasteiger partial charge in [-0.2, -0.15) is 0 Å². The van der Waals surface area contributed by atoms with E-state index in [1.54, 1.807) is 18.2 Å². The van der Waals surface area contributed by atoms with Crippen molar-refractivity contribution in [3.05, 3.63) is 69.7 Å². The number of amides is 1. The van der Waals surface area contributed by atoms with Crippen molar-refractivity contribution < 1.29 is 9.63 Å². The molecule has 0 spiro atoms. The van der Waals surface area contributed by atoms with Crippen molar-refractivity contribution in [3.63, 3.8) is 0 Å². The molecule has 1 amide bonds. The Morgan fingerprint density at radius 3 is 2.72 bits per heavy atom. The highest BCUT2D eigenvalue weighted by Crippen LogP contribution is 2.19. The first-order valence-electron chi connectivity index (χ1n) is 7.98. The summed E-state index contributed by atoms with van der Waals surface area (Å²) in [5.41, 5.74) is 1.92. The predicted molar refractivity (Wildman–Crippen MR) is 102 cm³/mol. The Bertz CT molecular complexity index is 721. The van der Waals surface area contributed by atoms with Crippen LogP contribution in [0.5, 0.6) is 0 Å². The number of carbonyl (C=O) groups is 1. The first kappa shape index (κ1) is 19.3. The van der Waals surface area contributed by atoms with Crippen LogP contribution in [0.1, 0.15) is 24.5 Å². The Kier molecular flexibility index (Phi) is 7.76. The topological polar surface area (TPSA) is 50.7 Å². The van der Waals surface area contributed by atoms with Gasteiger partial charge in [-0.1, -0.05) is 64.8 Å². The van der Waals surface area contributed by atoms with Crippen LogP contribution in [0.25, 0.3) is 0 Å². The zero-order chi connectivity index (χ0) is 18.1. The van der Waals surface area contributed by atoms with E-state index in [-0.39, 0.29) is 18.6 Å². The van der Waals surface area contributed by atoms with Crippen molar-refractivity contribution >= 4 is 35.3 Å². The first-order valence-corrected chi connectivity index (χ1v) is 8.74. The highest BCUT2D eigenvalue weighted by molar-refractivity contribution is 6.36. The van der Waals surface area contributed by atoms with Crippen molar-refractivity contribution in [2.75, 3.05) is 6.61 Å². The van der Waals surface area contributed by atoms with Crippen LogP contribution in [-0.4, -0.2) is 24.8 Å². The smallest absolute Gasteiger partial charge is 0.260 e. The summed E-state index contributed by atoms with van der Waals surface area (Å²) in [6.45, 7) is 1.83. The number of rotatable bonds is 8. The molecule has 4 nitrogen and oxygen atoms in total. The second-order valence-electron chi connectivity index (χ2n) is 5.67. The van der Waals surface area contributed by atoms with Crippen LogP contribution in [0, 0.1) is 0 Å². The lowest BCUT2D eigenvalue weighted by Gasteiger charge is -2.13. The molecule has 2 aromatic rings. The van der Waals surface area contributed by atoms with Gasteiger partial charge in [0, 0.05) is 16.6 Å². The number of aryl methyl sites for hydroxylation is 1. The Hall–Kier alpha value is -2.04. The molecule has 6 heteroatoms. The molecule has 0 saturated carbocycles. The fourth-order valence-corrected chi connectivity index (χ4v) is 2.67. The van der Waals surface area contributed by atoms with Crippen molar-refractivity contribution in [3.8, 4) is 0 Å². The summed E-state index contributed by atoms with van der Waals surface area (Å²) in [7, 11) is 0. The maximum absolute atomic E-state index is 11.8. The van der Waals surface area contributed by atoms with Crippen molar-refractivity contribution in [2.24, 2.45) is 5.16 Å². The number of benzene rings is 2. The summed E-state index contributed by atoms with van der Waals surface area (Å²) in [5.74, 6) is -0.208. The van der Waals surface area contributed by atoms with Gasteiger partial charge in [0.05, 0.1) is 11.2 Å². The summed E-state index contributed by atoms with van der Waals surface area (Å²) in [6.07, 6.45) is 3.22. The number of nitrogens with one attached hydrogen (secondary N) is 1. The Morgan fingerprint density at radius 2 is 2.00 bits per heavy atom. The largest absolute Gasteiger partial charge is 0.386 e. The summed E-state index contributed by atoms with van der Waals surface area (Å²) >= 11 is 11.8. The van der Waals surface area contributed by atoms with Crippen LogP contribution >= 0.6 is 23.2 Å². The molecular formula is C19H20Cl2N2O2. The van der Waals surface area contributed by atoms with E-state index in [0.717, 1.165) is 12.8 Å². The summed E-state index contributed by atoms with van der Waals surface area (Å²) in [4.78, 5) is 16.8. The fraction of sp³-hybridized carbons (Fsp3) is 0.263. The van der Waals surface area contributed by atoms with Gasteiger partial charge in [0.1, 0.15) is 0 Å². The summed E-state index contributed by atoms with van der Waals surface area (Å²) in [6, 6.07) is 15.3. The first-order chi connectivity index (χ1) is 12.0. The van der Waals surface area contributed by atoms with Crippen molar-refractivity contribution in [1.29, 1.82) is 0 Å². The van der Waals surface area contributed by atoms with Gasteiger partial charge >= 0.3 is 0 Å². The Balaban J connectivity index is 1.68. The number of hydrogen-bond acceptors (Lipinski definition) is 3. The van der Waals surface area contributed by atoms with Crippen molar-refractivity contribution in [2.45, 2.75) is 25.8 Å². The molecule has 0 aliphatic heterocycles. The van der Waals surface area contributed by atoms with Crippen LogP contribution in [0.2, 0.25) is 10.0 Å². The van der Waals surface area contributed by atoms with Crippen LogP contribution in [-0.2, 0) is 16.1 Å². The third kappa shape index (κ3) is 7.16. The van der Waals surface area contributed by atoms with Crippen LogP contribution in [0.15, 0.2) is 53.7 Å². The van der Waals surface area contributed by atoms with Gasteiger partial charge < -0.3 is 10.2 Å². The highest BCUT2D eigenvalue weighted by Gasteiger charge is 2.08. The van der Waals surface area contributed by atoms with Gasteiger partial charge in [-0.3, -0.25) is 4.79 Å². The summed E-state index contributed by atoms with van der Waals surface area (Å²) in [5, 5.41) is 7.67. The Morgan fingerprint density at radius 1 is 1.24 bits per heavy atom. The molecule has 2 rings (SSSR count). The molecule has 0 heterocycles. The average Bonchev–Trinajstić information content (AvgIpc) is 2.59. The summed E-state index contributed by atoms with van der Waals surface area (Å²) < 4.78 is 0. The minimum Gasteiger partial charge on any atom is -0.386 e. The molecular weight excluding hydrogens is 359 g/mol. The number of carbonyl (C=O) groups excluding carboxylic acids is 1. The number of halogens is 2. The third-order valence-electron chi connectivity index (χ3n) is 3.54. The molecule has 0 saturated heterocycles. The van der Waals surface area contributed by atoms with Crippen LogP contribution in [0.4, 0.5) is 0 Å². The molecule has 0 radical (unpaired) electrons. The third-order valence-corrected chi connectivity index (χ3v) is 4.10. The van der Waals surface area contributed by atoms with E-state index in [9.17, 15) is 4.79 Å². The van der Waals surface area contributed by atoms with Crippen molar-refractivity contribution in [1.82, 2.24) is 5.32 Å². The zero-order valence-corrected chi connectivity index (χ0v) is 15.4. The molecule has 0 aliphatic carbocycles. The lowest BCUT2D eigenvalue weighted by molar-refractivity contribution is -0.126. The molecule has 0 bridgehead atoms. The fourth-order valence-electron chi connectivity index (χ4n) is 2.21. The lowest BCUT2D eigenvalue weighted by atomic mass is 10.1. The number of oxime groups is 1. The maximum atomic E-state index is 11.8. The van der Waals surface area contributed by atoms with Gasteiger partial charge in [0.2, 0.25) is 0 Å². The standard InChI is InChI=1S/C19H20Cl2N2O2/c1-14(7-8-15-5-3-2-4-6-15)23-19(24)13-25-22-12-16-9-10-17(20)11-18(16)21/h2-6,9-12,14H,7-8,13H2,1H3,(H,23,24)/b22-12+. The minimum absolute atomic E-state index is 0.0611. The second-order valence-corrected chi connectivity index (χ2v) is 6.51. The number of hydrogen-bond donors (Lipinski definition) is 1. The quantitative estimate of drug-likeness (QED) is 0.543. The zero-order valence-electron chi connectivity index (χ0n) is 13.9. The normalized spacial score (nSPS) is 12.1. The van der Waals surface area contributed by atoms with Crippen LogP contribution in [0.3, 0.4) is 0 Å². The van der Waals surface area contributed by atoms with Gasteiger partial charge in [-0.15, -0.1) is 0 Å². The van der Waals surface area contributed by atoms with Crippen LogP contribution < -0.4 is 5.32 Å². The van der Waals surface area contributed by atoms with E-state index in [1.807, 2.05) is 25.1 Å². The minimum atomic E-state index is -0.208. The van der Waals surface area contributed by atoms with E-state index in [4.69, 9.17) is 28.0 Å². The highest BCUT2D eigenvalue weighted by atomic mass is 35.5. The molecule has 25 heavy (non-hydrogen) atoms. The van der Waals surface area contributed by atoms with Gasteiger partial charge in [0.15, 0.2) is 6.61 Å². The predicted octanol–water partition coefficient (Wildman–Crippen LogP) is 4.48. The molecule has 1 atom stereocenters. The molecule has 0 aromatic heterocycles. The molecule has 0 aliphatic rings. The molecule has 2 aromatic carbocycles. The number of nitrogens with zero attached hydrogens (tertiary/aromatic N) is 1. The second kappa shape index (κ2) is 10.1. The van der Waals surface area contributed by atoms with Gasteiger partial charge in [-0.05, 0) is 37.5 Å².